The molecule has 0 fully saturated rings. The summed E-state index contributed by atoms with van der Waals surface area (Å²) in [6, 6.07) is 18.9. The van der Waals surface area contributed by atoms with Crippen LogP contribution in [0.25, 0.3) is 11.3 Å². The number of nitrogens with one attached hydrogen (secondary N) is 1. The summed E-state index contributed by atoms with van der Waals surface area (Å²) in [4.78, 5) is 22.7. The van der Waals surface area contributed by atoms with Crippen LogP contribution >= 0.6 is 0 Å². The summed E-state index contributed by atoms with van der Waals surface area (Å²) in [5, 5.41) is 18.2. The maximum atomic E-state index is 9.10. The average molecular weight is 367 g/mol. The van der Waals surface area contributed by atoms with Gasteiger partial charge in [0.15, 0.2) is 0 Å². The number of nitrogens with zero attached hydrogens (tertiary/aromatic N) is 2. The van der Waals surface area contributed by atoms with Crippen molar-refractivity contribution in [1.82, 2.24) is 9.55 Å². The van der Waals surface area contributed by atoms with Crippen LogP contribution in [0.4, 0.5) is 5.95 Å². The average Bonchev–Trinajstić information content (AvgIpc) is 3.03. The number of aryl methyl sites for hydroxylation is 1. The van der Waals surface area contributed by atoms with Crippen molar-refractivity contribution in [2.75, 3.05) is 5.32 Å². The lowest BCUT2D eigenvalue weighted by Crippen LogP contribution is -2.09. The minimum atomic E-state index is -1.82. The number of carbonyl (C=O) groups is 2. The van der Waals surface area contributed by atoms with E-state index in [-0.39, 0.29) is 0 Å². The Morgan fingerprint density at radius 3 is 2.15 bits per heavy atom. The van der Waals surface area contributed by atoms with Crippen LogP contribution in [0, 0.1) is 6.92 Å². The lowest BCUT2D eigenvalue weighted by Gasteiger charge is -2.08. The topological polar surface area (TPSA) is 104 Å². The number of hydrogen-bond donors (Lipinski definition) is 3. The summed E-state index contributed by atoms with van der Waals surface area (Å²) >= 11 is 0. The fraction of sp³-hybridized carbons (Fsp3) is 0.150. The molecule has 0 amide bonds. The summed E-state index contributed by atoms with van der Waals surface area (Å²) < 4.78 is 2.09. The first-order valence-corrected chi connectivity index (χ1v) is 8.21. The van der Waals surface area contributed by atoms with Crippen molar-refractivity contribution < 1.29 is 19.8 Å². The van der Waals surface area contributed by atoms with E-state index < -0.39 is 11.9 Å². The first kappa shape index (κ1) is 19.7. The van der Waals surface area contributed by atoms with Crippen LogP contribution in [-0.2, 0) is 23.2 Å². The molecule has 0 unspecified atom stereocenters. The third-order valence-corrected chi connectivity index (χ3v) is 3.81. The Balaban J connectivity index is 0.000000380. The van der Waals surface area contributed by atoms with Gasteiger partial charge in [-0.1, -0.05) is 60.2 Å². The predicted molar refractivity (Wildman–Crippen MR) is 102 cm³/mol. The summed E-state index contributed by atoms with van der Waals surface area (Å²) in [5.74, 6) is -2.76. The van der Waals surface area contributed by atoms with Gasteiger partial charge in [-0.05, 0) is 18.1 Å². The summed E-state index contributed by atoms with van der Waals surface area (Å²) in [6.45, 7) is 2.88. The van der Waals surface area contributed by atoms with E-state index >= 15 is 0 Å². The highest BCUT2D eigenvalue weighted by Crippen LogP contribution is 2.21. The fourth-order valence-corrected chi connectivity index (χ4v) is 2.34. The van der Waals surface area contributed by atoms with Crippen molar-refractivity contribution in [3.63, 3.8) is 0 Å². The van der Waals surface area contributed by atoms with Crippen LogP contribution in [0.15, 0.2) is 60.8 Å². The number of rotatable bonds is 4. The first-order chi connectivity index (χ1) is 12.9. The molecule has 0 aliphatic heterocycles. The molecular formula is C20H21N3O4. The molecule has 0 aliphatic rings. The number of carboxylic acids is 2. The molecule has 0 bridgehead atoms. The van der Waals surface area contributed by atoms with Crippen molar-refractivity contribution >= 4 is 17.9 Å². The van der Waals surface area contributed by atoms with Gasteiger partial charge in [0.25, 0.3) is 0 Å². The quantitative estimate of drug-likeness (QED) is 0.612. The number of aliphatic carboxylic acids is 2. The van der Waals surface area contributed by atoms with Gasteiger partial charge in [0, 0.05) is 13.6 Å². The number of carboxylic acid groups (broad SMARTS) is 2. The van der Waals surface area contributed by atoms with Gasteiger partial charge < -0.3 is 20.1 Å². The van der Waals surface area contributed by atoms with Gasteiger partial charge >= 0.3 is 11.9 Å². The van der Waals surface area contributed by atoms with Gasteiger partial charge in [-0.2, -0.15) is 0 Å². The zero-order chi connectivity index (χ0) is 19.8. The van der Waals surface area contributed by atoms with E-state index in [2.05, 4.69) is 58.2 Å². The molecule has 0 spiro atoms. The number of hydrogen-bond acceptors (Lipinski definition) is 4. The SMILES string of the molecule is Cc1ccc(CNc2ncc(-c3ccccc3)n2C)cc1.O=C(O)C(=O)O. The number of benzene rings is 2. The Morgan fingerprint density at radius 1 is 1.00 bits per heavy atom. The Morgan fingerprint density at radius 2 is 1.59 bits per heavy atom. The molecule has 1 aromatic heterocycles. The maximum absolute atomic E-state index is 9.10. The highest BCUT2D eigenvalue weighted by molar-refractivity contribution is 6.27. The van der Waals surface area contributed by atoms with Crippen molar-refractivity contribution in [2.45, 2.75) is 13.5 Å². The second-order valence-corrected chi connectivity index (χ2v) is 5.84. The Labute approximate surface area is 156 Å². The molecule has 2 aromatic carbocycles. The highest BCUT2D eigenvalue weighted by Gasteiger charge is 2.07. The van der Waals surface area contributed by atoms with Gasteiger partial charge in [-0.25, -0.2) is 14.6 Å². The maximum Gasteiger partial charge on any atom is 0.414 e. The summed E-state index contributed by atoms with van der Waals surface area (Å²) in [5.41, 5.74) is 4.82. The van der Waals surface area contributed by atoms with Crippen molar-refractivity contribution in [2.24, 2.45) is 7.05 Å². The highest BCUT2D eigenvalue weighted by atomic mass is 16.4. The van der Waals surface area contributed by atoms with Gasteiger partial charge in [-0.15, -0.1) is 0 Å². The molecule has 27 heavy (non-hydrogen) atoms. The van der Waals surface area contributed by atoms with Gasteiger partial charge in [-0.3, -0.25) is 0 Å². The van der Waals surface area contributed by atoms with Gasteiger partial charge in [0.2, 0.25) is 5.95 Å². The lowest BCUT2D eigenvalue weighted by atomic mass is 10.1. The molecule has 0 aliphatic carbocycles. The van der Waals surface area contributed by atoms with Crippen molar-refractivity contribution in [3.05, 3.63) is 71.9 Å². The minimum Gasteiger partial charge on any atom is -0.473 e. The van der Waals surface area contributed by atoms with Crippen LogP contribution < -0.4 is 5.32 Å². The molecular weight excluding hydrogens is 346 g/mol. The molecule has 0 atom stereocenters. The van der Waals surface area contributed by atoms with E-state index in [0.29, 0.717) is 0 Å². The molecule has 7 heteroatoms. The van der Waals surface area contributed by atoms with Crippen molar-refractivity contribution in [1.29, 1.82) is 0 Å². The van der Waals surface area contributed by atoms with E-state index in [1.54, 1.807) is 0 Å². The second kappa shape index (κ2) is 9.19. The summed E-state index contributed by atoms with van der Waals surface area (Å²) in [7, 11) is 2.03. The van der Waals surface area contributed by atoms with Crippen LogP contribution in [0.3, 0.4) is 0 Å². The van der Waals surface area contributed by atoms with Crippen LogP contribution in [0.2, 0.25) is 0 Å². The first-order valence-electron chi connectivity index (χ1n) is 8.21. The fourth-order valence-electron chi connectivity index (χ4n) is 2.34. The Bertz CT molecular complexity index is 891. The van der Waals surface area contributed by atoms with Gasteiger partial charge in [0.1, 0.15) is 0 Å². The number of aromatic nitrogens is 2. The molecule has 7 nitrogen and oxygen atoms in total. The molecule has 3 N–H and O–H groups in total. The number of imidazole rings is 1. The zero-order valence-corrected chi connectivity index (χ0v) is 15.1. The minimum absolute atomic E-state index is 0.777. The molecule has 3 aromatic rings. The molecule has 3 rings (SSSR count). The molecule has 0 radical (unpaired) electrons. The predicted octanol–water partition coefficient (Wildman–Crippen LogP) is 3.16. The standard InChI is InChI=1S/C18H19N3.C2H2O4/c1-14-8-10-15(11-9-14)12-19-18-20-13-17(21(18)2)16-6-4-3-5-7-16;3-1(4)2(5)6/h3-11,13H,12H2,1-2H3,(H,19,20);(H,3,4)(H,5,6). The molecule has 0 saturated heterocycles. The lowest BCUT2D eigenvalue weighted by molar-refractivity contribution is -0.159. The number of anilines is 1. The zero-order valence-electron chi connectivity index (χ0n) is 15.1. The van der Waals surface area contributed by atoms with E-state index in [0.717, 1.165) is 18.2 Å². The second-order valence-electron chi connectivity index (χ2n) is 5.84. The van der Waals surface area contributed by atoms with Gasteiger partial charge in [0.05, 0.1) is 11.9 Å². The van der Waals surface area contributed by atoms with E-state index in [1.165, 1.54) is 16.7 Å². The third kappa shape index (κ3) is 5.71. The molecule has 0 saturated carbocycles. The van der Waals surface area contributed by atoms with E-state index in [1.807, 2.05) is 31.4 Å². The smallest absolute Gasteiger partial charge is 0.414 e. The normalized spacial score (nSPS) is 9.85. The summed E-state index contributed by atoms with van der Waals surface area (Å²) in [6.07, 6.45) is 1.91. The Hall–Kier alpha value is -3.61. The van der Waals surface area contributed by atoms with Crippen LogP contribution in [-0.4, -0.2) is 31.7 Å². The van der Waals surface area contributed by atoms with E-state index in [4.69, 9.17) is 19.8 Å². The van der Waals surface area contributed by atoms with E-state index in [9.17, 15) is 0 Å². The largest absolute Gasteiger partial charge is 0.473 e. The molecule has 1 heterocycles. The van der Waals surface area contributed by atoms with Crippen LogP contribution in [0.1, 0.15) is 11.1 Å². The van der Waals surface area contributed by atoms with Crippen molar-refractivity contribution in [3.8, 4) is 11.3 Å². The molecule has 140 valence electrons. The Kier molecular flexibility index (Phi) is 6.71. The monoisotopic (exact) mass is 367 g/mol. The van der Waals surface area contributed by atoms with Crippen LogP contribution in [0.5, 0.6) is 0 Å². The third-order valence-electron chi connectivity index (χ3n) is 3.81.